The number of carbonyl (C=O) groups excluding carboxylic acids is 2. The van der Waals surface area contributed by atoms with Gasteiger partial charge in [-0.25, -0.2) is 9.89 Å². The Morgan fingerprint density at radius 2 is 1.94 bits per heavy atom. The van der Waals surface area contributed by atoms with Crippen LogP contribution in [0.15, 0.2) is 41.3 Å². The maximum absolute atomic E-state index is 12.5. The molecule has 1 aliphatic carbocycles. The average molecular weight is 474 g/mol. The third-order valence-electron chi connectivity index (χ3n) is 6.40. The van der Waals surface area contributed by atoms with Crippen molar-refractivity contribution in [3.8, 4) is 0 Å². The van der Waals surface area contributed by atoms with E-state index in [4.69, 9.17) is 16.3 Å². The zero-order chi connectivity index (χ0) is 23.4. The molecular formula is C23H28ClN5O4. The molecule has 0 spiro atoms. The number of alkyl carbamates (subject to hydrolysis) is 1. The highest BCUT2D eigenvalue weighted by Gasteiger charge is 2.34. The van der Waals surface area contributed by atoms with Gasteiger partial charge in [0.25, 0.3) is 11.5 Å². The summed E-state index contributed by atoms with van der Waals surface area (Å²) in [6, 6.07) is 9.17. The van der Waals surface area contributed by atoms with Crippen molar-refractivity contribution in [1.29, 1.82) is 0 Å². The summed E-state index contributed by atoms with van der Waals surface area (Å²) >= 11 is 6.07. The maximum atomic E-state index is 12.5. The smallest absolute Gasteiger partial charge is 0.407 e. The van der Waals surface area contributed by atoms with Crippen LogP contribution in [0, 0.1) is 0 Å². The molecule has 4 rings (SSSR count). The van der Waals surface area contributed by atoms with Gasteiger partial charge in [-0.2, -0.15) is 5.10 Å². The summed E-state index contributed by atoms with van der Waals surface area (Å²) in [5.74, 6) is -0.0783. The van der Waals surface area contributed by atoms with Crippen LogP contribution in [0.3, 0.4) is 0 Å². The van der Waals surface area contributed by atoms with E-state index in [0.29, 0.717) is 30.8 Å². The number of hydrogen-bond donors (Lipinski definition) is 3. The van der Waals surface area contributed by atoms with Crippen LogP contribution in [0.25, 0.3) is 0 Å². The van der Waals surface area contributed by atoms with Crippen molar-refractivity contribution in [2.24, 2.45) is 0 Å². The fourth-order valence-corrected chi connectivity index (χ4v) is 4.66. The molecule has 1 aromatic carbocycles. The van der Waals surface area contributed by atoms with E-state index in [1.807, 2.05) is 30.0 Å². The molecule has 3 N–H and O–H groups in total. The highest BCUT2D eigenvalue weighted by atomic mass is 35.5. The minimum atomic E-state index is -0.445. The molecule has 2 amide bonds. The summed E-state index contributed by atoms with van der Waals surface area (Å²) in [5, 5.41) is 12.3. The van der Waals surface area contributed by atoms with E-state index in [1.54, 1.807) is 12.1 Å². The van der Waals surface area contributed by atoms with Gasteiger partial charge < -0.3 is 20.3 Å². The number of ether oxygens (including phenoxy) is 1. The average Bonchev–Trinajstić information content (AvgIpc) is 3.26. The summed E-state index contributed by atoms with van der Waals surface area (Å²) in [7, 11) is 0. The third-order valence-corrected chi connectivity index (χ3v) is 6.76. The number of amides is 2. The largest absolute Gasteiger partial charge is 0.444 e. The molecule has 33 heavy (non-hydrogen) atoms. The molecule has 1 atom stereocenters. The van der Waals surface area contributed by atoms with E-state index < -0.39 is 11.7 Å². The van der Waals surface area contributed by atoms with Gasteiger partial charge in [0.05, 0.1) is 18.4 Å². The lowest BCUT2D eigenvalue weighted by molar-refractivity contribution is 0.0849. The van der Waals surface area contributed by atoms with Gasteiger partial charge in [-0.15, -0.1) is 0 Å². The van der Waals surface area contributed by atoms with Crippen molar-refractivity contribution in [2.75, 3.05) is 18.0 Å². The molecule has 1 saturated heterocycles. The lowest BCUT2D eigenvalue weighted by atomic mass is 9.80. The van der Waals surface area contributed by atoms with Gasteiger partial charge in [0, 0.05) is 30.1 Å². The molecule has 10 heteroatoms. The molecule has 2 aromatic rings. The molecule has 1 aliphatic heterocycles. The molecule has 2 aliphatic rings. The van der Waals surface area contributed by atoms with E-state index in [2.05, 4.69) is 20.8 Å². The molecule has 1 saturated carbocycles. The van der Waals surface area contributed by atoms with Crippen LogP contribution >= 0.6 is 11.6 Å². The number of aromatic nitrogens is 2. The molecule has 0 unspecified atom stereocenters. The Kier molecular flexibility index (Phi) is 6.88. The van der Waals surface area contributed by atoms with Gasteiger partial charge in [-0.1, -0.05) is 29.8 Å². The van der Waals surface area contributed by atoms with Crippen LogP contribution in [0.2, 0.25) is 5.02 Å². The fourth-order valence-electron chi connectivity index (χ4n) is 4.45. The first-order valence-electron chi connectivity index (χ1n) is 11.2. The summed E-state index contributed by atoms with van der Waals surface area (Å²) in [6.45, 7) is 3.11. The van der Waals surface area contributed by atoms with E-state index >= 15 is 0 Å². The van der Waals surface area contributed by atoms with Crippen LogP contribution in [-0.4, -0.2) is 53.0 Å². The lowest BCUT2D eigenvalue weighted by Gasteiger charge is -2.38. The van der Waals surface area contributed by atoms with Gasteiger partial charge in [-0.05, 0) is 44.7 Å². The Bertz CT molecular complexity index is 1050. The number of nitrogens with zero attached hydrogens (tertiary/aromatic N) is 2. The van der Waals surface area contributed by atoms with Gasteiger partial charge >= 0.3 is 6.09 Å². The monoisotopic (exact) mass is 473 g/mol. The van der Waals surface area contributed by atoms with Crippen LogP contribution in [0.5, 0.6) is 0 Å². The molecule has 2 fully saturated rings. The number of nitrogens with one attached hydrogen (secondary N) is 3. The first-order valence-corrected chi connectivity index (χ1v) is 11.5. The second-order valence-corrected chi connectivity index (χ2v) is 9.34. The van der Waals surface area contributed by atoms with E-state index in [-0.39, 0.29) is 28.6 Å². The van der Waals surface area contributed by atoms with Crippen molar-refractivity contribution >= 4 is 29.3 Å². The number of aromatic amines is 1. The van der Waals surface area contributed by atoms with Crippen LogP contribution in [0.1, 0.15) is 49.4 Å². The lowest BCUT2D eigenvalue weighted by Crippen LogP contribution is -2.51. The predicted octanol–water partition coefficient (Wildman–Crippen LogP) is 2.86. The Morgan fingerprint density at radius 1 is 1.21 bits per heavy atom. The van der Waals surface area contributed by atoms with Crippen molar-refractivity contribution in [3.05, 3.63) is 57.5 Å². The zero-order valence-electron chi connectivity index (χ0n) is 18.5. The van der Waals surface area contributed by atoms with Crippen LogP contribution in [0.4, 0.5) is 10.5 Å². The number of H-pyrrole nitrogens is 1. The molecule has 9 nitrogen and oxygen atoms in total. The first-order chi connectivity index (χ1) is 15.8. The van der Waals surface area contributed by atoms with Gasteiger partial charge in [0.2, 0.25) is 0 Å². The zero-order valence-corrected chi connectivity index (χ0v) is 19.2. The standard InChI is InChI=1S/C23H28ClN5O4/c1-23(27-20(30)15-5-3-2-4-6-15)10-7-16(8-11-23)26-22(32)33-17-9-12-29(14-17)18-13-25-28-21(31)19(18)24/h2-6,13,16-17H,7-12,14H2,1H3,(H,26,32)(H,27,30)(H,28,31)/t16?,17-,23?/m1/s1. The van der Waals surface area contributed by atoms with E-state index in [0.717, 1.165) is 25.7 Å². The molecule has 0 bridgehead atoms. The van der Waals surface area contributed by atoms with E-state index in [1.165, 1.54) is 6.20 Å². The quantitative estimate of drug-likeness (QED) is 0.614. The Balaban J connectivity index is 1.22. The minimum Gasteiger partial charge on any atom is -0.444 e. The van der Waals surface area contributed by atoms with Gasteiger partial charge in [-0.3, -0.25) is 9.59 Å². The molecule has 2 heterocycles. The molecule has 176 valence electrons. The summed E-state index contributed by atoms with van der Waals surface area (Å²) in [4.78, 5) is 38.5. The minimum absolute atomic E-state index is 0.00281. The second kappa shape index (κ2) is 9.82. The number of rotatable bonds is 5. The molecule has 0 radical (unpaired) electrons. The number of carbonyl (C=O) groups is 2. The topological polar surface area (TPSA) is 116 Å². The summed E-state index contributed by atoms with van der Waals surface area (Å²) in [6.07, 6.45) is 4.45. The van der Waals surface area contributed by atoms with Crippen molar-refractivity contribution < 1.29 is 14.3 Å². The number of anilines is 1. The normalized spacial score (nSPS) is 24.8. The van der Waals surface area contributed by atoms with Crippen molar-refractivity contribution in [2.45, 2.75) is 56.7 Å². The molecular weight excluding hydrogens is 446 g/mol. The molecule has 1 aromatic heterocycles. The Morgan fingerprint density at radius 3 is 2.67 bits per heavy atom. The van der Waals surface area contributed by atoms with Gasteiger partial charge in [0.1, 0.15) is 11.1 Å². The highest BCUT2D eigenvalue weighted by molar-refractivity contribution is 6.33. The maximum Gasteiger partial charge on any atom is 0.407 e. The number of halogens is 1. The Hall–Kier alpha value is -3.07. The second-order valence-electron chi connectivity index (χ2n) is 8.96. The Labute approximate surface area is 196 Å². The third kappa shape index (κ3) is 5.65. The summed E-state index contributed by atoms with van der Waals surface area (Å²) < 4.78 is 5.60. The highest BCUT2D eigenvalue weighted by Crippen LogP contribution is 2.29. The first kappa shape index (κ1) is 23.1. The fraction of sp³-hybridized carbons (Fsp3) is 0.478. The van der Waals surface area contributed by atoms with Crippen LogP contribution in [-0.2, 0) is 4.74 Å². The SMILES string of the molecule is CC1(NC(=O)c2ccccc2)CCC(NC(=O)O[C@@H]2CCN(c3cn[nH]c(=O)c3Cl)C2)CC1. The van der Waals surface area contributed by atoms with Crippen molar-refractivity contribution in [3.63, 3.8) is 0 Å². The number of hydrogen-bond acceptors (Lipinski definition) is 6. The summed E-state index contributed by atoms with van der Waals surface area (Å²) in [5.41, 5.74) is 0.434. The van der Waals surface area contributed by atoms with Crippen molar-refractivity contribution in [1.82, 2.24) is 20.8 Å². The van der Waals surface area contributed by atoms with E-state index in [9.17, 15) is 14.4 Å². The number of benzene rings is 1. The predicted molar refractivity (Wildman–Crippen MR) is 125 cm³/mol. The van der Waals surface area contributed by atoms with Crippen LogP contribution < -0.4 is 21.1 Å². The van der Waals surface area contributed by atoms with Gasteiger partial charge in [0.15, 0.2) is 0 Å².